The minimum absolute atomic E-state index is 0.453. The van der Waals surface area contributed by atoms with Gasteiger partial charge in [-0.15, -0.1) is 0 Å². The van der Waals surface area contributed by atoms with Crippen molar-refractivity contribution < 1.29 is 0 Å². The van der Waals surface area contributed by atoms with E-state index in [9.17, 15) is 0 Å². The lowest BCUT2D eigenvalue weighted by Gasteiger charge is -2.17. The predicted octanol–water partition coefficient (Wildman–Crippen LogP) is 4.93. The molecule has 3 rings (SSSR count). The second kappa shape index (κ2) is 6.39. The van der Waals surface area contributed by atoms with Gasteiger partial charge in [-0.25, -0.2) is 0 Å². The molecule has 1 N–H and O–H groups in total. The fraction of sp³-hybridized carbons (Fsp3) is 0.333. The van der Waals surface area contributed by atoms with Gasteiger partial charge in [-0.3, -0.25) is 0 Å². The van der Waals surface area contributed by atoms with Crippen LogP contribution in [0.5, 0.6) is 0 Å². The van der Waals surface area contributed by atoms with Crippen LogP contribution in [0, 0.1) is 5.92 Å². The average Bonchev–Trinajstić information content (AvgIpc) is 3.28. The molecule has 110 valence electrons. The van der Waals surface area contributed by atoms with Crippen molar-refractivity contribution in [2.24, 2.45) is 5.92 Å². The topological polar surface area (TPSA) is 12.0 Å². The van der Waals surface area contributed by atoms with E-state index in [1.165, 1.54) is 17.5 Å². The SMILES string of the molecule is CNC(Cc1ccc(Cl)cc1Cl)C1CC1c1ccccc1. The highest BCUT2D eigenvalue weighted by Gasteiger charge is 2.43. The molecule has 3 unspecified atom stereocenters. The van der Waals surface area contributed by atoms with Gasteiger partial charge in [0.15, 0.2) is 0 Å². The standard InChI is InChI=1S/C18H19Cl2N/c1-21-18(9-13-7-8-14(19)10-17(13)20)16-11-15(16)12-5-3-2-4-6-12/h2-8,10,15-16,18,21H,9,11H2,1H3. The first-order valence-electron chi connectivity index (χ1n) is 7.35. The maximum absolute atomic E-state index is 6.30. The Morgan fingerprint density at radius 3 is 2.57 bits per heavy atom. The summed E-state index contributed by atoms with van der Waals surface area (Å²) in [6.07, 6.45) is 2.20. The van der Waals surface area contributed by atoms with E-state index >= 15 is 0 Å². The van der Waals surface area contributed by atoms with Gasteiger partial charge in [0.25, 0.3) is 0 Å². The Bertz CT molecular complexity index is 612. The quantitative estimate of drug-likeness (QED) is 0.824. The van der Waals surface area contributed by atoms with Gasteiger partial charge in [-0.1, -0.05) is 59.6 Å². The van der Waals surface area contributed by atoms with Crippen LogP contribution < -0.4 is 5.32 Å². The summed E-state index contributed by atoms with van der Waals surface area (Å²) in [6.45, 7) is 0. The van der Waals surface area contributed by atoms with Gasteiger partial charge in [0.05, 0.1) is 0 Å². The van der Waals surface area contributed by atoms with Gasteiger partial charge >= 0.3 is 0 Å². The molecule has 0 saturated heterocycles. The highest BCUT2D eigenvalue weighted by molar-refractivity contribution is 6.35. The smallest absolute Gasteiger partial charge is 0.0453 e. The highest BCUT2D eigenvalue weighted by Crippen LogP contribution is 2.50. The maximum atomic E-state index is 6.30. The number of rotatable bonds is 5. The van der Waals surface area contributed by atoms with Crippen LogP contribution in [0.25, 0.3) is 0 Å². The molecule has 21 heavy (non-hydrogen) atoms. The molecule has 0 bridgehead atoms. The Kier molecular flexibility index (Phi) is 4.54. The minimum atomic E-state index is 0.453. The van der Waals surface area contributed by atoms with Crippen molar-refractivity contribution in [2.75, 3.05) is 7.05 Å². The van der Waals surface area contributed by atoms with E-state index in [-0.39, 0.29) is 0 Å². The molecule has 0 heterocycles. The van der Waals surface area contributed by atoms with Gasteiger partial charge in [-0.2, -0.15) is 0 Å². The molecule has 3 heteroatoms. The molecule has 3 atom stereocenters. The van der Waals surface area contributed by atoms with E-state index in [0.717, 1.165) is 11.4 Å². The van der Waals surface area contributed by atoms with Crippen LogP contribution in [0.15, 0.2) is 48.5 Å². The van der Waals surface area contributed by atoms with E-state index in [1.54, 1.807) is 0 Å². The summed E-state index contributed by atoms with van der Waals surface area (Å²) in [7, 11) is 2.04. The second-order valence-electron chi connectivity index (χ2n) is 5.75. The van der Waals surface area contributed by atoms with Crippen LogP contribution in [0.4, 0.5) is 0 Å². The van der Waals surface area contributed by atoms with E-state index < -0.39 is 0 Å². The van der Waals surface area contributed by atoms with Gasteiger partial charge < -0.3 is 5.32 Å². The monoisotopic (exact) mass is 319 g/mol. The lowest BCUT2D eigenvalue weighted by atomic mass is 9.99. The zero-order chi connectivity index (χ0) is 14.8. The zero-order valence-electron chi connectivity index (χ0n) is 12.0. The molecule has 0 aliphatic heterocycles. The van der Waals surface area contributed by atoms with Crippen molar-refractivity contribution >= 4 is 23.2 Å². The Morgan fingerprint density at radius 1 is 1.14 bits per heavy atom. The fourth-order valence-electron chi connectivity index (χ4n) is 3.13. The Labute approximate surface area is 136 Å². The Balaban J connectivity index is 1.70. The largest absolute Gasteiger partial charge is 0.316 e. The van der Waals surface area contributed by atoms with Gasteiger partial charge in [0.1, 0.15) is 0 Å². The first kappa shape index (κ1) is 14.9. The molecule has 2 aromatic rings. The summed E-state index contributed by atoms with van der Waals surface area (Å²) < 4.78 is 0. The molecule has 0 spiro atoms. The molecule has 1 aliphatic rings. The summed E-state index contributed by atoms with van der Waals surface area (Å²) in [6, 6.07) is 17.0. The van der Waals surface area contributed by atoms with Crippen molar-refractivity contribution in [2.45, 2.75) is 24.8 Å². The Hall–Kier alpha value is -1.02. The number of nitrogens with one attached hydrogen (secondary N) is 1. The van der Waals surface area contributed by atoms with Crippen LogP contribution in [0.2, 0.25) is 10.0 Å². The van der Waals surface area contributed by atoms with Gasteiger partial charge in [0.2, 0.25) is 0 Å². The molecular weight excluding hydrogens is 301 g/mol. The molecule has 1 fully saturated rings. The first-order chi connectivity index (χ1) is 10.2. The highest BCUT2D eigenvalue weighted by atomic mass is 35.5. The summed E-state index contributed by atoms with van der Waals surface area (Å²) in [5.74, 6) is 1.36. The third kappa shape index (κ3) is 3.42. The van der Waals surface area contributed by atoms with Crippen LogP contribution in [-0.4, -0.2) is 13.1 Å². The van der Waals surface area contributed by atoms with Crippen molar-refractivity contribution in [3.8, 4) is 0 Å². The van der Waals surface area contributed by atoms with Gasteiger partial charge in [-0.05, 0) is 55.0 Å². The summed E-state index contributed by atoms with van der Waals surface area (Å²) in [5.41, 5.74) is 2.61. The molecule has 1 saturated carbocycles. The first-order valence-corrected chi connectivity index (χ1v) is 8.10. The number of hydrogen-bond acceptors (Lipinski definition) is 1. The minimum Gasteiger partial charge on any atom is -0.316 e. The van der Waals surface area contributed by atoms with Crippen LogP contribution in [-0.2, 0) is 6.42 Å². The predicted molar refractivity (Wildman–Crippen MR) is 90.3 cm³/mol. The van der Waals surface area contributed by atoms with E-state index in [1.807, 2.05) is 25.2 Å². The maximum Gasteiger partial charge on any atom is 0.0453 e. The van der Waals surface area contributed by atoms with Crippen molar-refractivity contribution in [3.63, 3.8) is 0 Å². The molecule has 0 aromatic heterocycles. The lowest BCUT2D eigenvalue weighted by molar-refractivity contribution is 0.491. The molecule has 2 aromatic carbocycles. The summed E-state index contributed by atoms with van der Waals surface area (Å²) in [5, 5.41) is 4.92. The van der Waals surface area contributed by atoms with Crippen molar-refractivity contribution in [1.82, 2.24) is 5.32 Å². The number of halogens is 2. The van der Waals surface area contributed by atoms with Crippen molar-refractivity contribution in [3.05, 3.63) is 69.7 Å². The van der Waals surface area contributed by atoms with E-state index in [0.29, 0.717) is 22.9 Å². The molecule has 1 nitrogen and oxygen atoms in total. The lowest BCUT2D eigenvalue weighted by Crippen LogP contribution is -2.30. The third-order valence-electron chi connectivity index (χ3n) is 4.41. The summed E-state index contributed by atoms with van der Waals surface area (Å²) >= 11 is 12.3. The molecule has 0 radical (unpaired) electrons. The number of hydrogen-bond donors (Lipinski definition) is 1. The summed E-state index contributed by atoms with van der Waals surface area (Å²) in [4.78, 5) is 0. The molecule has 1 aliphatic carbocycles. The van der Waals surface area contributed by atoms with Gasteiger partial charge in [0, 0.05) is 16.1 Å². The van der Waals surface area contributed by atoms with Crippen LogP contribution in [0.3, 0.4) is 0 Å². The van der Waals surface area contributed by atoms with E-state index in [4.69, 9.17) is 23.2 Å². The number of likely N-dealkylation sites (N-methyl/N-ethyl adjacent to an activating group) is 1. The van der Waals surface area contributed by atoms with E-state index in [2.05, 4.69) is 35.6 Å². The molecule has 0 amide bonds. The molecular formula is C18H19Cl2N. The average molecular weight is 320 g/mol. The van der Waals surface area contributed by atoms with Crippen LogP contribution in [0.1, 0.15) is 23.5 Å². The fourth-order valence-corrected chi connectivity index (χ4v) is 3.62. The zero-order valence-corrected chi connectivity index (χ0v) is 13.5. The second-order valence-corrected chi connectivity index (χ2v) is 6.60. The third-order valence-corrected chi connectivity index (χ3v) is 5.00. The Morgan fingerprint density at radius 2 is 1.90 bits per heavy atom. The number of benzene rings is 2. The normalized spacial score (nSPS) is 22.0. The van der Waals surface area contributed by atoms with Crippen molar-refractivity contribution in [1.29, 1.82) is 0 Å². The van der Waals surface area contributed by atoms with Crippen LogP contribution >= 0.6 is 23.2 Å².